The van der Waals surface area contributed by atoms with Crippen molar-refractivity contribution < 1.29 is 5.11 Å². The third-order valence-electron chi connectivity index (χ3n) is 4.63. The van der Waals surface area contributed by atoms with Gasteiger partial charge in [0.05, 0.1) is 25.8 Å². The van der Waals surface area contributed by atoms with Crippen molar-refractivity contribution in [3.63, 3.8) is 0 Å². The average Bonchev–Trinajstić information content (AvgIpc) is 3.19. The summed E-state index contributed by atoms with van der Waals surface area (Å²) in [5.41, 5.74) is 2.13. The highest BCUT2D eigenvalue weighted by atomic mass is 16.3. The molecule has 0 aliphatic heterocycles. The van der Waals surface area contributed by atoms with E-state index in [9.17, 15) is 5.11 Å². The molecule has 2 aromatic carbocycles. The normalized spacial score (nSPS) is 13.7. The number of hydrogen-bond acceptors (Lipinski definition) is 3. The summed E-state index contributed by atoms with van der Waals surface area (Å²) >= 11 is 0. The Morgan fingerprint density at radius 1 is 1.03 bits per heavy atom. The van der Waals surface area contributed by atoms with Crippen LogP contribution in [0.2, 0.25) is 0 Å². The van der Waals surface area contributed by atoms with Crippen LogP contribution in [0.3, 0.4) is 0 Å². The summed E-state index contributed by atoms with van der Waals surface area (Å²) in [5.74, 6) is 0.666. The summed E-state index contributed by atoms with van der Waals surface area (Å²) < 4.78 is 1.92. The van der Waals surface area contributed by atoms with E-state index >= 15 is 0 Å². The zero-order valence-corrected chi connectivity index (χ0v) is 17.0. The van der Waals surface area contributed by atoms with Crippen LogP contribution in [0.15, 0.2) is 78.0 Å². The van der Waals surface area contributed by atoms with Crippen LogP contribution in [0.1, 0.15) is 30.5 Å². The maximum atomic E-state index is 10.8. The van der Waals surface area contributed by atoms with Crippen LogP contribution < -0.4 is 10.6 Å². The number of rotatable bonds is 8. The number of guanidine groups is 1. The molecule has 1 aromatic heterocycles. The summed E-state index contributed by atoms with van der Waals surface area (Å²) in [4.78, 5) is 4.63. The van der Waals surface area contributed by atoms with Gasteiger partial charge >= 0.3 is 0 Å². The number of benzene rings is 2. The van der Waals surface area contributed by atoms with Gasteiger partial charge in [0.25, 0.3) is 0 Å². The van der Waals surface area contributed by atoms with Gasteiger partial charge in [-0.15, -0.1) is 0 Å². The Morgan fingerprint density at radius 3 is 2.41 bits per heavy atom. The maximum absolute atomic E-state index is 10.8. The Morgan fingerprint density at radius 2 is 1.72 bits per heavy atom. The SMILES string of the molecule is CCNC(=NCc1cnn(Cc2ccccc2)c1)NCC(C)(O)c1ccccc1. The first kappa shape index (κ1) is 20.6. The lowest BCUT2D eigenvalue weighted by Crippen LogP contribution is -2.44. The summed E-state index contributed by atoms with van der Waals surface area (Å²) in [5, 5.41) is 21.7. The molecule has 1 heterocycles. The molecule has 0 saturated carbocycles. The molecular formula is C23H29N5O. The van der Waals surface area contributed by atoms with E-state index in [4.69, 9.17) is 0 Å². The Balaban J connectivity index is 1.59. The molecule has 0 amide bonds. The Hall–Kier alpha value is -3.12. The molecule has 0 spiro atoms. The topological polar surface area (TPSA) is 74.5 Å². The van der Waals surface area contributed by atoms with Crippen molar-refractivity contribution in [2.75, 3.05) is 13.1 Å². The van der Waals surface area contributed by atoms with Gasteiger partial charge in [-0.2, -0.15) is 5.10 Å². The third-order valence-corrected chi connectivity index (χ3v) is 4.63. The van der Waals surface area contributed by atoms with Gasteiger partial charge in [-0.1, -0.05) is 60.7 Å². The first-order chi connectivity index (χ1) is 14.1. The zero-order valence-electron chi connectivity index (χ0n) is 17.0. The number of aromatic nitrogens is 2. The summed E-state index contributed by atoms with van der Waals surface area (Å²) in [6, 6.07) is 19.9. The van der Waals surface area contributed by atoms with Gasteiger partial charge in [0.15, 0.2) is 5.96 Å². The fraction of sp³-hybridized carbons (Fsp3) is 0.304. The first-order valence-electron chi connectivity index (χ1n) is 9.92. The van der Waals surface area contributed by atoms with Crippen molar-refractivity contribution >= 4 is 5.96 Å². The van der Waals surface area contributed by atoms with Gasteiger partial charge in [0.1, 0.15) is 5.60 Å². The minimum atomic E-state index is -0.988. The highest BCUT2D eigenvalue weighted by Crippen LogP contribution is 2.18. The lowest BCUT2D eigenvalue weighted by molar-refractivity contribution is 0.0617. The van der Waals surface area contributed by atoms with Crippen LogP contribution in [0.25, 0.3) is 0 Å². The largest absolute Gasteiger partial charge is 0.384 e. The second kappa shape index (κ2) is 9.89. The van der Waals surface area contributed by atoms with Crippen LogP contribution in [-0.4, -0.2) is 33.9 Å². The lowest BCUT2D eigenvalue weighted by atomic mass is 9.96. The van der Waals surface area contributed by atoms with Gasteiger partial charge in [0, 0.05) is 18.3 Å². The second-order valence-electron chi connectivity index (χ2n) is 7.22. The number of hydrogen-bond donors (Lipinski definition) is 3. The van der Waals surface area contributed by atoms with Crippen molar-refractivity contribution in [1.29, 1.82) is 0 Å². The summed E-state index contributed by atoms with van der Waals surface area (Å²) in [6.07, 6.45) is 3.86. The van der Waals surface area contributed by atoms with Crippen molar-refractivity contribution in [3.05, 3.63) is 89.7 Å². The minimum Gasteiger partial charge on any atom is -0.384 e. The van der Waals surface area contributed by atoms with Crippen LogP contribution in [-0.2, 0) is 18.7 Å². The fourth-order valence-corrected chi connectivity index (χ4v) is 3.01. The molecular weight excluding hydrogens is 362 g/mol. The Kier molecular flexibility index (Phi) is 7.03. The number of aliphatic hydroxyl groups is 1. The summed E-state index contributed by atoms with van der Waals surface area (Å²) in [6.45, 7) is 6.17. The van der Waals surface area contributed by atoms with Gasteiger partial charge in [-0.25, -0.2) is 4.99 Å². The van der Waals surface area contributed by atoms with E-state index in [1.165, 1.54) is 5.56 Å². The quantitative estimate of drug-likeness (QED) is 0.408. The molecule has 0 saturated heterocycles. The van der Waals surface area contributed by atoms with Gasteiger partial charge in [-0.3, -0.25) is 4.68 Å². The first-order valence-corrected chi connectivity index (χ1v) is 9.92. The van der Waals surface area contributed by atoms with E-state index in [2.05, 4.69) is 32.9 Å². The molecule has 1 atom stereocenters. The molecule has 0 bridgehead atoms. The molecule has 3 aromatic rings. The predicted molar refractivity (Wildman–Crippen MR) is 117 cm³/mol. The van der Waals surface area contributed by atoms with Crippen LogP contribution in [0.5, 0.6) is 0 Å². The minimum absolute atomic E-state index is 0.357. The fourth-order valence-electron chi connectivity index (χ4n) is 3.01. The monoisotopic (exact) mass is 391 g/mol. The second-order valence-corrected chi connectivity index (χ2v) is 7.22. The molecule has 0 aliphatic rings. The van der Waals surface area contributed by atoms with Crippen LogP contribution in [0, 0.1) is 0 Å². The molecule has 3 N–H and O–H groups in total. The van der Waals surface area contributed by atoms with E-state index in [1.807, 2.05) is 72.5 Å². The van der Waals surface area contributed by atoms with E-state index in [0.717, 1.165) is 24.2 Å². The van der Waals surface area contributed by atoms with Gasteiger partial charge in [0.2, 0.25) is 0 Å². The Bertz CT molecular complexity index is 903. The summed E-state index contributed by atoms with van der Waals surface area (Å²) in [7, 11) is 0. The van der Waals surface area contributed by atoms with E-state index < -0.39 is 5.60 Å². The average molecular weight is 392 g/mol. The number of nitrogens with one attached hydrogen (secondary N) is 2. The van der Waals surface area contributed by atoms with Gasteiger partial charge in [-0.05, 0) is 25.0 Å². The molecule has 0 radical (unpaired) electrons. The number of aliphatic imine (C=N–C) groups is 1. The van der Waals surface area contributed by atoms with Crippen molar-refractivity contribution in [3.8, 4) is 0 Å². The number of nitrogens with zero attached hydrogens (tertiary/aromatic N) is 3. The standard InChI is InChI=1S/C23H29N5O/c1-3-24-22(26-18-23(2,29)21-12-8-5-9-13-21)25-14-20-15-27-28(17-20)16-19-10-6-4-7-11-19/h4-13,15,17,29H,3,14,16,18H2,1-2H3,(H2,24,25,26). The molecule has 29 heavy (non-hydrogen) atoms. The van der Waals surface area contributed by atoms with E-state index in [1.54, 1.807) is 6.92 Å². The maximum Gasteiger partial charge on any atom is 0.191 e. The smallest absolute Gasteiger partial charge is 0.191 e. The molecule has 0 fully saturated rings. The van der Waals surface area contributed by atoms with Crippen molar-refractivity contribution in [1.82, 2.24) is 20.4 Å². The van der Waals surface area contributed by atoms with Crippen LogP contribution in [0.4, 0.5) is 0 Å². The van der Waals surface area contributed by atoms with E-state index in [0.29, 0.717) is 19.0 Å². The molecule has 6 nitrogen and oxygen atoms in total. The van der Waals surface area contributed by atoms with Gasteiger partial charge < -0.3 is 15.7 Å². The Labute approximate surface area is 172 Å². The molecule has 3 rings (SSSR count). The van der Waals surface area contributed by atoms with Crippen molar-refractivity contribution in [2.24, 2.45) is 4.99 Å². The van der Waals surface area contributed by atoms with Crippen LogP contribution >= 0.6 is 0 Å². The predicted octanol–water partition coefficient (Wildman–Crippen LogP) is 2.89. The molecule has 0 aliphatic carbocycles. The highest BCUT2D eigenvalue weighted by molar-refractivity contribution is 5.79. The molecule has 1 unspecified atom stereocenters. The molecule has 152 valence electrons. The lowest BCUT2D eigenvalue weighted by Gasteiger charge is -2.25. The zero-order chi connectivity index (χ0) is 20.5. The third kappa shape index (κ3) is 6.19. The van der Waals surface area contributed by atoms with E-state index in [-0.39, 0.29) is 0 Å². The molecule has 6 heteroatoms. The van der Waals surface area contributed by atoms with Crippen molar-refractivity contribution in [2.45, 2.75) is 32.5 Å². The highest BCUT2D eigenvalue weighted by Gasteiger charge is 2.22.